The largest absolute Gasteiger partial charge is 0.352 e. The van der Waals surface area contributed by atoms with Gasteiger partial charge in [0.2, 0.25) is 11.7 Å². The molecule has 0 bridgehead atoms. The van der Waals surface area contributed by atoms with Crippen LogP contribution in [-0.4, -0.2) is 31.6 Å². The lowest BCUT2D eigenvalue weighted by molar-refractivity contribution is -0.122. The number of amides is 1. The van der Waals surface area contributed by atoms with Gasteiger partial charge in [-0.3, -0.25) is 14.2 Å². The molecule has 9 heteroatoms. The summed E-state index contributed by atoms with van der Waals surface area (Å²) < 4.78 is 6.78. The molecule has 0 aliphatic carbocycles. The second-order valence-electron chi connectivity index (χ2n) is 7.08. The first-order valence-electron chi connectivity index (χ1n) is 9.65. The number of rotatable bonds is 6. The van der Waals surface area contributed by atoms with Crippen molar-refractivity contribution in [3.8, 4) is 22.2 Å². The van der Waals surface area contributed by atoms with Crippen molar-refractivity contribution >= 4 is 27.5 Å². The van der Waals surface area contributed by atoms with Gasteiger partial charge in [-0.15, -0.1) is 11.3 Å². The molecule has 154 valence electrons. The number of carbonyl (C=O) groups is 1. The van der Waals surface area contributed by atoms with Crippen LogP contribution in [-0.2, 0) is 11.3 Å². The van der Waals surface area contributed by atoms with Crippen LogP contribution in [0.25, 0.3) is 32.4 Å². The number of carbonyl (C=O) groups excluding carboxylic acids is 1. The van der Waals surface area contributed by atoms with Gasteiger partial charge in [0.25, 0.3) is 11.4 Å². The average Bonchev–Trinajstić information content (AvgIpc) is 3.36. The van der Waals surface area contributed by atoms with Crippen LogP contribution in [0, 0.1) is 6.92 Å². The maximum atomic E-state index is 13.0. The van der Waals surface area contributed by atoms with E-state index < -0.39 is 0 Å². The SMILES string of the molecule is CC[C@H](C)NC(=O)Cn1cnc2sc(-c3nc(-c4ccccc4)no3)c(C)c2c1=O. The molecule has 30 heavy (non-hydrogen) atoms. The molecule has 0 aliphatic heterocycles. The minimum Gasteiger partial charge on any atom is -0.352 e. The maximum absolute atomic E-state index is 13.0. The van der Waals surface area contributed by atoms with E-state index in [-0.39, 0.29) is 24.1 Å². The molecule has 4 rings (SSSR count). The molecular weight excluding hydrogens is 402 g/mol. The van der Waals surface area contributed by atoms with Gasteiger partial charge in [0.05, 0.1) is 16.6 Å². The van der Waals surface area contributed by atoms with Crippen molar-refractivity contribution in [2.24, 2.45) is 0 Å². The second kappa shape index (κ2) is 8.19. The maximum Gasteiger partial charge on any atom is 0.268 e. The van der Waals surface area contributed by atoms with Crippen LogP contribution in [0.3, 0.4) is 0 Å². The Bertz CT molecular complexity index is 1260. The predicted molar refractivity (Wildman–Crippen MR) is 115 cm³/mol. The lowest BCUT2D eigenvalue weighted by atomic mass is 10.2. The average molecular weight is 423 g/mol. The van der Waals surface area contributed by atoms with Crippen LogP contribution < -0.4 is 10.9 Å². The number of aromatic nitrogens is 4. The molecule has 1 N–H and O–H groups in total. The van der Waals surface area contributed by atoms with Crippen LogP contribution >= 0.6 is 11.3 Å². The van der Waals surface area contributed by atoms with Crippen molar-refractivity contribution in [2.45, 2.75) is 39.8 Å². The summed E-state index contributed by atoms with van der Waals surface area (Å²) in [5.74, 6) is 0.606. The van der Waals surface area contributed by atoms with Crippen molar-refractivity contribution in [2.75, 3.05) is 0 Å². The van der Waals surface area contributed by atoms with Crippen molar-refractivity contribution in [3.05, 3.63) is 52.6 Å². The summed E-state index contributed by atoms with van der Waals surface area (Å²) in [4.78, 5) is 35.3. The first kappa shape index (κ1) is 20.0. The van der Waals surface area contributed by atoms with Gasteiger partial charge in [-0.1, -0.05) is 42.4 Å². The van der Waals surface area contributed by atoms with Gasteiger partial charge in [0.15, 0.2) is 0 Å². The molecular formula is C21H21N5O3S. The van der Waals surface area contributed by atoms with E-state index >= 15 is 0 Å². The number of thiophene rings is 1. The van der Waals surface area contributed by atoms with Crippen LogP contribution in [0.1, 0.15) is 25.8 Å². The standard InChI is InChI=1S/C21H21N5O3S/c1-4-12(2)23-15(27)10-26-11-22-20-16(21(26)28)13(3)17(30-20)19-24-18(25-29-19)14-8-6-5-7-9-14/h5-9,11-12H,4,10H2,1-3H3,(H,23,27)/t12-/m0/s1. The highest BCUT2D eigenvalue weighted by atomic mass is 32.1. The number of fused-ring (bicyclic) bond motifs is 1. The number of nitrogens with zero attached hydrogens (tertiary/aromatic N) is 4. The molecule has 0 saturated carbocycles. The normalized spacial score (nSPS) is 12.2. The van der Waals surface area contributed by atoms with Crippen LogP contribution in [0.5, 0.6) is 0 Å². The highest BCUT2D eigenvalue weighted by Gasteiger charge is 2.21. The molecule has 0 fully saturated rings. The second-order valence-corrected chi connectivity index (χ2v) is 8.08. The quantitative estimate of drug-likeness (QED) is 0.510. The Morgan fingerprint density at radius 3 is 2.80 bits per heavy atom. The zero-order valence-electron chi connectivity index (χ0n) is 16.9. The molecule has 0 aliphatic rings. The van der Waals surface area contributed by atoms with E-state index in [0.29, 0.717) is 32.4 Å². The molecule has 0 spiro atoms. The minimum atomic E-state index is -0.262. The summed E-state index contributed by atoms with van der Waals surface area (Å²) in [6, 6.07) is 9.57. The van der Waals surface area contributed by atoms with Crippen molar-refractivity contribution in [1.29, 1.82) is 0 Å². The summed E-state index contributed by atoms with van der Waals surface area (Å²) in [5, 5.41) is 7.38. The third-order valence-corrected chi connectivity index (χ3v) is 6.09. The zero-order valence-corrected chi connectivity index (χ0v) is 17.7. The number of aryl methyl sites for hydroxylation is 1. The highest BCUT2D eigenvalue weighted by Crippen LogP contribution is 2.35. The lowest BCUT2D eigenvalue weighted by Crippen LogP contribution is -2.37. The Balaban J connectivity index is 1.68. The number of benzene rings is 1. The third-order valence-electron chi connectivity index (χ3n) is 4.90. The Hall–Kier alpha value is -3.33. The van der Waals surface area contributed by atoms with Gasteiger partial charge in [-0.25, -0.2) is 4.98 Å². The summed E-state index contributed by atoms with van der Waals surface area (Å²) in [6.45, 7) is 5.66. The summed E-state index contributed by atoms with van der Waals surface area (Å²) in [6.07, 6.45) is 2.23. The summed E-state index contributed by atoms with van der Waals surface area (Å²) in [5.41, 5.74) is 1.30. The smallest absolute Gasteiger partial charge is 0.268 e. The molecule has 1 amide bonds. The van der Waals surface area contributed by atoms with Crippen LogP contribution in [0.15, 0.2) is 46.0 Å². The third kappa shape index (κ3) is 3.76. The molecule has 3 aromatic heterocycles. The summed E-state index contributed by atoms with van der Waals surface area (Å²) >= 11 is 1.32. The molecule has 4 aromatic rings. The number of hydrogen-bond donors (Lipinski definition) is 1. The van der Waals surface area contributed by atoms with Crippen LogP contribution in [0.4, 0.5) is 0 Å². The van der Waals surface area contributed by atoms with Gasteiger partial charge >= 0.3 is 0 Å². The van der Waals surface area contributed by atoms with E-state index in [1.807, 2.05) is 51.1 Å². The lowest BCUT2D eigenvalue weighted by Gasteiger charge is -2.12. The fraction of sp³-hybridized carbons (Fsp3) is 0.286. The van der Waals surface area contributed by atoms with E-state index in [0.717, 1.165) is 12.0 Å². The van der Waals surface area contributed by atoms with Crippen molar-refractivity contribution in [1.82, 2.24) is 25.0 Å². The monoisotopic (exact) mass is 423 g/mol. The topological polar surface area (TPSA) is 103 Å². The van der Waals surface area contributed by atoms with Gasteiger partial charge in [-0.05, 0) is 25.8 Å². The Kier molecular flexibility index (Phi) is 5.45. The van der Waals surface area contributed by atoms with Crippen molar-refractivity contribution < 1.29 is 9.32 Å². The molecule has 3 heterocycles. The van der Waals surface area contributed by atoms with E-state index in [9.17, 15) is 9.59 Å². The number of hydrogen-bond acceptors (Lipinski definition) is 7. The molecule has 0 radical (unpaired) electrons. The van der Waals surface area contributed by atoms with E-state index in [4.69, 9.17) is 4.52 Å². The Morgan fingerprint density at radius 2 is 2.07 bits per heavy atom. The van der Waals surface area contributed by atoms with Gasteiger partial charge in [0.1, 0.15) is 11.4 Å². The van der Waals surface area contributed by atoms with E-state index in [1.165, 1.54) is 22.2 Å². The fourth-order valence-corrected chi connectivity index (χ4v) is 4.13. The van der Waals surface area contributed by atoms with Crippen molar-refractivity contribution in [3.63, 3.8) is 0 Å². The molecule has 0 saturated heterocycles. The molecule has 0 unspecified atom stereocenters. The van der Waals surface area contributed by atoms with Gasteiger partial charge in [0, 0.05) is 11.6 Å². The highest BCUT2D eigenvalue weighted by molar-refractivity contribution is 7.22. The first-order chi connectivity index (χ1) is 14.5. The Morgan fingerprint density at radius 1 is 1.30 bits per heavy atom. The van der Waals surface area contributed by atoms with Gasteiger partial charge in [-0.2, -0.15) is 4.98 Å². The van der Waals surface area contributed by atoms with Gasteiger partial charge < -0.3 is 9.84 Å². The Labute approximate surface area is 176 Å². The predicted octanol–water partition coefficient (Wildman–Crippen LogP) is 3.40. The molecule has 8 nitrogen and oxygen atoms in total. The zero-order chi connectivity index (χ0) is 21.3. The first-order valence-corrected chi connectivity index (χ1v) is 10.5. The minimum absolute atomic E-state index is 0.0516. The van der Waals surface area contributed by atoms with E-state index in [2.05, 4.69) is 20.4 Å². The molecule has 1 atom stereocenters. The van der Waals surface area contributed by atoms with Crippen LogP contribution in [0.2, 0.25) is 0 Å². The number of nitrogens with one attached hydrogen (secondary N) is 1. The molecule has 1 aromatic carbocycles. The van der Waals surface area contributed by atoms with E-state index in [1.54, 1.807) is 0 Å². The summed E-state index contributed by atoms with van der Waals surface area (Å²) in [7, 11) is 0. The fourth-order valence-electron chi connectivity index (χ4n) is 3.07.